The number of benzene rings is 2. The monoisotopic (exact) mass is 366 g/mol. The molecule has 0 fully saturated rings. The van der Waals surface area contributed by atoms with Gasteiger partial charge in [-0.25, -0.2) is 0 Å². The van der Waals surface area contributed by atoms with Crippen LogP contribution in [-0.4, -0.2) is 41.9 Å². The third-order valence-corrected chi connectivity index (χ3v) is 4.53. The van der Waals surface area contributed by atoms with E-state index in [0.717, 1.165) is 12.0 Å². The highest BCUT2D eigenvalue weighted by Crippen LogP contribution is 2.19. The summed E-state index contributed by atoms with van der Waals surface area (Å²) in [6.07, 6.45) is -0.105. The summed E-state index contributed by atoms with van der Waals surface area (Å²) in [4.78, 5) is 38.2. The van der Waals surface area contributed by atoms with Crippen molar-refractivity contribution >= 4 is 17.8 Å². The van der Waals surface area contributed by atoms with Crippen LogP contribution in [0.2, 0.25) is 0 Å². The summed E-state index contributed by atoms with van der Waals surface area (Å²) in [5.74, 6) is -1.23. The van der Waals surface area contributed by atoms with Gasteiger partial charge >= 0.3 is 5.97 Å². The number of amides is 2. The fourth-order valence-corrected chi connectivity index (χ4v) is 3.07. The van der Waals surface area contributed by atoms with Crippen molar-refractivity contribution < 1.29 is 19.1 Å². The van der Waals surface area contributed by atoms with E-state index in [-0.39, 0.29) is 18.4 Å². The molecule has 0 radical (unpaired) electrons. The Morgan fingerprint density at radius 2 is 1.70 bits per heavy atom. The molecule has 1 aliphatic rings. The predicted octanol–water partition coefficient (Wildman–Crippen LogP) is 1.93. The van der Waals surface area contributed by atoms with Crippen molar-refractivity contribution in [1.29, 1.82) is 0 Å². The van der Waals surface area contributed by atoms with Crippen molar-refractivity contribution in [1.82, 2.24) is 10.2 Å². The maximum Gasteiger partial charge on any atom is 0.326 e. The first-order valence-electron chi connectivity index (χ1n) is 8.93. The molecule has 6 nitrogen and oxygen atoms in total. The van der Waals surface area contributed by atoms with E-state index in [1.165, 1.54) is 5.56 Å². The number of nitrogens with one attached hydrogen (secondary N) is 1. The molecule has 1 heterocycles. The number of hydrogen-bond donors (Lipinski definition) is 1. The van der Waals surface area contributed by atoms with Crippen LogP contribution in [0.15, 0.2) is 54.6 Å². The summed E-state index contributed by atoms with van der Waals surface area (Å²) in [5.41, 5.74) is 2.82. The molecule has 0 bridgehead atoms. The lowest BCUT2D eigenvalue weighted by atomic mass is 9.99. The van der Waals surface area contributed by atoms with Gasteiger partial charge in [0.1, 0.15) is 6.54 Å². The lowest BCUT2D eigenvalue weighted by Gasteiger charge is -2.30. The van der Waals surface area contributed by atoms with Crippen LogP contribution in [-0.2, 0) is 27.3 Å². The van der Waals surface area contributed by atoms with Crippen LogP contribution in [0.3, 0.4) is 0 Å². The SMILES string of the molecule is C[C@H](OC(=O)CNC(=O)c1ccccc1)C(=O)N1CCc2ccccc2C1. The van der Waals surface area contributed by atoms with E-state index in [2.05, 4.69) is 11.4 Å². The minimum Gasteiger partial charge on any atom is -0.451 e. The number of hydrogen-bond acceptors (Lipinski definition) is 4. The highest BCUT2D eigenvalue weighted by molar-refractivity contribution is 5.96. The number of rotatable bonds is 5. The Morgan fingerprint density at radius 1 is 1.04 bits per heavy atom. The lowest BCUT2D eigenvalue weighted by Crippen LogP contribution is -2.43. The number of fused-ring (bicyclic) bond motifs is 1. The van der Waals surface area contributed by atoms with Crippen molar-refractivity contribution in [3.05, 3.63) is 71.3 Å². The topological polar surface area (TPSA) is 75.7 Å². The Bertz CT molecular complexity index is 835. The molecule has 140 valence electrons. The quantitative estimate of drug-likeness (QED) is 0.821. The smallest absolute Gasteiger partial charge is 0.326 e. The van der Waals surface area contributed by atoms with Gasteiger partial charge in [0.25, 0.3) is 11.8 Å². The van der Waals surface area contributed by atoms with Gasteiger partial charge in [0, 0.05) is 18.7 Å². The van der Waals surface area contributed by atoms with E-state index in [0.29, 0.717) is 18.7 Å². The van der Waals surface area contributed by atoms with Crippen LogP contribution in [0, 0.1) is 0 Å². The zero-order chi connectivity index (χ0) is 19.2. The summed E-state index contributed by atoms with van der Waals surface area (Å²) in [7, 11) is 0. The van der Waals surface area contributed by atoms with Crippen LogP contribution in [0.1, 0.15) is 28.4 Å². The van der Waals surface area contributed by atoms with Gasteiger partial charge in [-0.15, -0.1) is 0 Å². The van der Waals surface area contributed by atoms with Crippen LogP contribution in [0.5, 0.6) is 0 Å². The van der Waals surface area contributed by atoms with Gasteiger partial charge in [0.05, 0.1) is 0 Å². The Kier molecular flexibility index (Phi) is 5.86. The fourth-order valence-electron chi connectivity index (χ4n) is 3.07. The van der Waals surface area contributed by atoms with Crippen LogP contribution < -0.4 is 5.32 Å². The van der Waals surface area contributed by atoms with Crippen LogP contribution >= 0.6 is 0 Å². The Labute approximate surface area is 158 Å². The second kappa shape index (κ2) is 8.49. The molecule has 2 aromatic rings. The molecule has 6 heteroatoms. The zero-order valence-corrected chi connectivity index (χ0v) is 15.2. The molecule has 2 amide bonds. The minimum atomic E-state index is -0.892. The summed E-state index contributed by atoms with van der Waals surface area (Å²) in [5, 5.41) is 2.50. The third kappa shape index (κ3) is 4.73. The van der Waals surface area contributed by atoms with Crippen molar-refractivity contribution in [2.45, 2.75) is 26.0 Å². The van der Waals surface area contributed by atoms with E-state index in [1.807, 2.05) is 18.2 Å². The first-order chi connectivity index (χ1) is 13.0. The molecular formula is C21H22N2O4. The van der Waals surface area contributed by atoms with Gasteiger partial charge in [0.2, 0.25) is 0 Å². The number of nitrogens with zero attached hydrogens (tertiary/aromatic N) is 1. The van der Waals surface area contributed by atoms with Gasteiger partial charge in [-0.2, -0.15) is 0 Å². The molecule has 0 spiro atoms. The molecule has 0 saturated heterocycles. The average Bonchev–Trinajstić information content (AvgIpc) is 2.71. The van der Waals surface area contributed by atoms with E-state index < -0.39 is 12.1 Å². The first kappa shape index (κ1) is 18.6. The molecule has 2 aromatic carbocycles. The highest BCUT2D eigenvalue weighted by Gasteiger charge is 2.26. The predicted molar refractivity (Wildman–Crippen MR) is 99.9 cm³/mol. The maximum absolute atomic E-state index is 12.6. The van der Waals surface area contributed by atoms with E-state index in [1.54, 1.807) is 42.2 Å². The second-order valence-electron chi connectivity index (χ2n) is 6.46. The summed E-state index contributed by atoms with van der Waals surface area (Å²) < 4.78 is 5.19. The number of ether oxygens (including phenoxy) is 1. The first-order valence-corrected chi connectivity index (χ1v) is 8.93. The summed E-state index contributed by atoms with van der Waals surface area (Å²) in [6, 6.07) is 16.6. The largest absolute Gasteiger partial charge is 0.451 e. The van der Waals surface area contributed by atoms with Crippen molar-refractivity contribution in [2.75, 3.05) is 13.1 Å². The van der Waals surface area contributed by atoms with Gasteiger partial charge in [-0.05, 0) is 36.6 Å². The fraction of sp³-hybridized carbons (Fsp3) is 0.286. The van der Waals surface area contributed by atoms with E-state index >= 15 is 0 Å². The van der Waals surface area contributed by atoms with Crippen molar-refractivity contribution in [2.24, 2.45) is 0 Å². The molecule has 0 aliphatic carbocycles. The normalized spacial score (nSPS) is 14.0. The standard InChI is InChI=1S/C21H22N2O4/c1-15(21(26)23-12-11-16-7-5-6-10-18(16)14-23)27-19(24)13-22-20(25)17-8-3-2-4-9-17/h2-10,15H,11-14H2,1H3,(H,22,25)/t15-/m0/s1. The molecule has 27 heavy (non-hydrogen) atoms. The minimum absolute atomic E-state index is 0.229. The molecule has 0 saturated carbocycles. The molecule has 0 aromatic heterocycles. The van der Waals surface area contributed by atoms with Gasteiger partial charge in [-0.3, -0.25) is 14.4 Å². The molecule has 1 N–H and O–H groups in total. The lowest BCUT2D eigenvalue weighted by molar-refractivity contribution is -0.158. The average molecular weight is 366 g/mol. The van der Waals surface area contributed by atoms with E-state index in [4.69, 9.17) is 4.74 Å². The molecular weight excluding hydrogens is 344 g/mol. The van der Waals surface area contributed by atoms with Crippen LogP contribution in [0.4, 0.5) is 0 Å². The van der Waals surface area contributed by atoms with Crippen molar-refractivity contribution in [3.8, 4) is 0 Å². The maximum atomic E-state index is 12.6. The Hall–Kier alpha value is -3.15. The number of carbonyl (C=O) groups is 3. The van der Waals surface area contributed by atoms with Crippen molar-refractivity contribution in [3.63, 3.8) is 0 Å². The second-order valence-corrected chi connectivity index (χ2v) is 6.46. The number of carbonyl (C=O) groups excluding carboxylic acids is 3. The molecule has 3 rings (SSSR count). The van der Waals surface area contributed by atoms with Gasteiger partial charge < -0.3 is 15.0 Å². The van der Waals surface area contributed by atoms with Gasteiger partial charge in [0.15, 0.2) is 6.10 Å². The third-order valence-electron chi connectivity index (χ3n) is 4.53. The van der Waals surface area contributed by atoms with Gasteiger partial charge in [-0.1, -0.05) is 42.5 Å². The summed E-state index contributed by atoms with van der Waals surface area (Å²) in [6.45, 7) is 2.39. The molecule has 1 atom stereocenters. The molecule has 1 aliphatic heterocycles. The Morgan fingerprint density at radius 3 is 2.44 bits per heavy atom. The Balaban J connectivity index is 1.48. The number of esters is 1. The summed E-state index contributed by atoms with van der Waals surface area (Å²) >= 11 is 0. The zero-order valence-electron chi connectivity index (χ0n) is 15.2. The highest BCUT2D eigenvalue weighted by atomic mass is 16.5. The van der Waals surface area contributed by atoms with Crippen LogP contribution in [0.25, 0.3) is 0 Å². The van der Waals surface area contributed by atoms with E-state index in [9.17, 15) is 14.4 Å². The molecule has 0 unspecified atom stereocenters.